The molecule has 120 valence electrons. The van der Waals surface area contributed by atoms with Crippen molar-refractivity contribution in [3.8, 4) is 0 Å². The normalized spacial score (nSPS) is 23.3. The fourth-order valence-corrected chi connectivity index (χ4v) is 3.84. The van der Waals surface area contributed by atoms with E-state index in [-0.39, 0.29) is 11.9 Å². The molecule has 2 atom stereocenters. The van der Waals surface area contributed by atoms with Gasteiger partial charge in [0.05, 0.1) is 11.8 Å². The van der Waals surface area contributed by atoms with Crippen LogP contribution in [0.4, 0.5) is 0 Å². The molecule has 1 aliphatic carbocycles. The lowest BCUT2D eigenvalue weighted by Crippen LogP contribution is -2.41. The fraction of sp³-hybridized carbons (Fsp3) is 0.733. The highest BCUT2D eigenvalue weighted by Gasteiger charge is 2.40. The highest BCUT2D eigenvalue weighted by Crippen LogP contribution is 2.33. The maximum Gasteiger partial charge on any atom is 0.296 e. The van der Waals surface area contributed by atoms with Gasteiger partial charge in [0.25, 0.3) is 11.9 Å². The molecule has 0 aromatic rings. The molecule has 1 rings (SSSR count). The molecule has 0 aromatic heterocycles. The topological polar surface area (TPSA) is 52.6 Å². The van der Waals surface area contributed by atoms with Crippen molar-refractivity contribution in [2.75, 3.05) is 0 Å². The molecule has 21 heavy (non-hydrogen) atoms. The predicted octanol–water partition coefficient (Wildman–Crippen LogP) is 3.72. The van der Waals surface area contributed by atoms with Crippen LogP contribution >= 0.6 is 0 Å². The van der Waals surface area contributed by atoms with Crippen molar-refractivity contribution in [3.05, 3.63) is 11.6 Å². The molecular formula is C15H28O4Si2. The maximum absolute atomic E-state index is 12.4. The summed E-state index contributed by atoms with van der Waals surface area (Å²) in [5.41, 5.74) is 1.14. The molecule has 0 radical (unpaired) electrons. The van der Waals surface area contributed by atoms with Crippen molar-refractivity contribution < 1.29 is 18.4 Å². The van der Waals surface area contributed by atoms with E-state index in [4.69, 9.17) is 8.85 Å². The highest BCUT2D eigenvalue weighted by atomic mass is 28.4. The van der Waals surface area contributed by atoms with E-state index in [2.05, 4.69) is 0 Å². The predicted molar refractivity (Wildman–Crippen MR) is 88.8 cm³/mol. The van der Waals surface area contributed by atoms with Crippen LogP contribution in [0, 0.1) is 11.8 Å². The number of carbonyl (C=O) groups is 2. The lowest BCUT2D eigenvalue weighted by Gasteiger charge is -2.32. The molecule has 0 fully saturated rings. The lowest BCUT2D eigenvalue weighted by atomic mass is 9.80. The molecule has 0 spiro atoms. The molecule has 4 nitrogen and oxygen atoms in total. The third kappa shape index (κ3) is 6.17. The molecule has 0 aromatic carbocycles. The van der Waals surface area contributed by atoms with Gasteiger partial charge in [-0.3, -0.25) is 9.59 Å². The zero-order valence-electron chi connectivity index (χ0n) is 14.3. The van der Waals surface area contributed by atoms with E-state index >= 15 is 0 Å². The van der Waals surface area contributed by atoms with Gasteiger partial charge in [0.15, 0.2) is 0 Å². The van der Waals surface area contributed by atoms with Gasteiger partial charge < -0.3 is 8.85 Å². The molecule has 1 aliphatic rings. The Kier molecular flexibility index (Phi) is 5.60. The zero-order valence-corrected chi connectivity index (χ0v) is 16.3. The summed E-state index contributed by atoms with van der Waals surface area (Å²) in [7, 11) is -3.90. The van der Waals surface area contributed by atoms with Crippen LogP contribution in [0.3, 0.4) is 0 Å². The highest BCUT2D eigenvalue weighted by molar-refractivity contribution is 6.71. The van der Waals surface area contributed by atoms with Gasteiger partial charge in [-0.25, -0.2) is 0 Å². The van der Waals surface area contributed by atoms with E-state index in [1.165, 1.54) is 0 Å². The van der Waals surface area contributed by atoms with Gasteiger partial charge in [-0.2, -0.15) is 0 Å². The van der Waals surface area contributed by atoms with Gasteiger partial charge in [0.2, 0.25) is 16.6 Å². The van der Waals surface area contributed by atoms with E-state index in [9.17, 15) is 9.59 Å². The molecule has 0 bridgehead atoms. The van der Waals surface area contributed by atoms with E-state index in [1.54, 1.807) is 0 Å². The van der Waals surface area contributed by atoms with Crippen LogP contribution in [0.25, 0.3) is 0 Å². The minimum atomic E-state index is -1.95. The van der Waals surface area contributed by atoms with Gasteiger partial charge >= 0.3 is 0 Å². The molecule has 0 N–H and O–H groups in total. The molecule has 0 heterocycles. The number of hydrogen-bond acceptors (Lipinski definition) is 4. The monoisotopic (exact) mass is 328 g/mol. The number of rotatable bonds is 4. The Morgan fingerprint density at radius 1 is 0.952 bits per heavy atom. The second-order valence-electron chi connectivity index (χ2n) is 7.77. The van der Waals surface area contributed by atoms with Crippen molar-refractivity contribution >= 4 is 28.6 Å². The smallest absolute Gasteiger partial charge is 0.296 e. The fourth-order valence-electron chi connectivity index (χ4n) is 2.33. The third-order valence-electron chi connectivity index (χ3n) is 3.17. The average molecular weight is 329 g/mol. The summed E-state index contributed by atoms with van der Waals surface area (Å²) in [6.07, 6.45) is 3.20. The van der Waals surface area contributed by atoms with Crippen LogP contribution in [0.2, 0.25) is 39.3 Å². The number of hydrogen-bond donors (Lipinski definition) is 0. The standard InChI is InChI=1S/C15H28O4Si2/c1-11-8-9-12(14(16)18-20(2,3)4)13(10-11)15(17)19-21(5,6)7/h8,12-13H,9-10H2,1-7H3. The van der Waals surface area contributed by atoms with Crippen LogP contribution < -0.4 is 0 Å². The first-order valence-electron chi connectivity index (χ1n) is 7.50. The van der Waals surface area contributed by atoms with Crippen LogP contribution in [0.1, 0.15) is 19.8 Å². The van der Waals surface area contributed by atoms with Crippen molar-refractivity contribution in [1.29, 1.82) is 0 Å². The second kappa shape index (κ2) is 6.48. The van der Waals surface area contributed by atoms with Crippen molar-refractivity contribution in [2.45, 2.75) is 59.0 Å². The van der Waals surface area contributed by atoms with E-state index in [0.29, 0.717) is 12.8 Å². The molecular weight excluding hydrogens is 300 g/mol. The summed E-state index contributed by atoms with van der Waals surface area (Å²) >= 11 is 0. The summed E-state index contributed by atoms with van der Waals surface area (Å²) in [5, 5.41) is 0. The first kappa shape index (κ1) is 18.2. The summed E-state index contributed by atoms with van der Waals surface area (Å²) in [6.45, 7) is 13.9. The maximum atomic E-state index is 12.4. The van der Waals surface area contributed by atoms with Crippen LogP contribution in [0.5, 0.6) is 0 Å². The summed E-state index contributed by atoms with van der Waals surface area (Å²) < 4.78 is 11.2. The largest absolute Gasteiger partial charge is 0.520 e. The summed E-state index contributed by atoms with van der Waals surface area (Å²) in [5.74, 6) is -1.27. The number of allylic oxidation sites excluding steroid dienone is 2. The van der Waals surface area contributed by atoms with Crippen molar-refractivity contribution in [2.24, 2.45) is 11.8 Å². The van der Waals surface area contributed by atoms with Gasteiger partial charge in [0, 0.05) is 0 Å². The molecule has 0 saturated carbocycles. The average Bonchev–Trinajstić information content (AvgIpc) is 2.23. The van der Waals surface area contributed by atoms with Crippen molar-refractivity contribution in [1.82, 2.24) is 0 Å². The Bertz CT molecular complexity index is 444. The Morgan fingerprint density at radius 3 is 1.81 bits per heavy atom. The minimum Gasteiger partial charge on any atom is -0.520 e. The molecule has 6 heteroatoms. The molecule has 2 unspecified atom stereocenters. The first-order valence-corrected chi connectivity index (χ1v) is 14.3. The molecule has 0 amide bonds. The Hall–Kier alpha value is -0.886. The van der Waals surface area contributed by atoms with Crippen molar-refractivity contribution in [3.63, 3.8) is 0 Å². The Morgan fingerprint density at radius 2 is 1.38 bits per heavy atom. The van der Waals surface area contributed by atoms with Crippen LogP contribution in [-0.4, -0.2) is 28.6 Å². The van der Waals surface area contributed by atoms with Gasteiger partial charge in [-0.1, -0.05) is 11.6 Å². The SMILES string of the molecule is CC1=CCC(C(=O)O[Si](C)(C)C)C(C(=O)O[Si](C)(C)C)C1. The van der Waals surface area contributed by atoms with Crippen LogP contribution in [-0.2, 0) is 18.4 Å². The minimum absolute atomic E-state index is 0.237. The van der Waals surface area contributed by atoms with E-state index in [0.717, 1.165) is 5.57 Å². The first-order chi connectivity index (χ1) is 9.39. The zero-order chi connectivity index (χ0) is 16.4. The van der Waals surface area contributed by atoms with Gasteiger partial charge in [-0.15, -0.1) is 0 Å². The van der Waals surface area contributed by atoms with E-state index in [1.807, 2.05) is 52.3 Å². The van der Waals surface area contributed by atoms with Gasteiger partial charge in [-0.05, 0) is 59.0 Å². The number of carbonyl (C=O) groups excluding carboxylic acids is 2. The summed E-state index contributed by atoms with van der Waals surface area (Å²) in [6, 6.07) is 0. The van der Waals surface area contributed by atoms with Crippen LogP contribution in [0.15, 0.2) is 11.6 Å². The molecule has 0 saturated heterocycles. The molecule has 0 aliphatic heterocycles. The Balaban J connectivity index is 2.89. The van der Waals surface area contributed by atoms with E-state index < -0.39 is 28.5 Å². The Labute approximate surface area is 130 Å². The summed E-state index contributed by atoms with van der Waals surface area (Å²) in [4.78, 5) is 24.8. The second-order valence-corrected chi connectivity index (χ2v) is 16.6. The quantitative estimate of drug-likeness (QED) is 0.583. The third-order valence-corrected chi connectivity index (χ3v) is 4.79. The lowest BCUT2D eigenvalue weighted by molar-refractivity contribution is -0.151. The van der Waals surface area contributed by atoms with Gasteiger partial charge in [0.1, 0.15) is 0 Å².